The fraction of sp³-hybridized carbons (Fsp3) is 0. The second kappa shape index (κ2) is 4.64. The maximum absolute atomic E-state index is 6.01. The summed E-state index contributed by atoms with van der Waals surface area (Å²) in [5.41, 5.74) is 1.76. The molecule has 7 nitrogen and oxygen atoms in total. The molecule has 0 aliphatic heterocycles. The Balaban J connectivity index is 1.93. The summed E-state index contributed by atoms with van der Waals surface area (Å²) in [5.74, 6) is 0.813. The minimum atomic E-state index is 0.112. The van der Waals surface area contributed by atoms with Gasteiger partial charge in [0.1, 0.15) is 12.7 Å². The van der Waals surface area contributed by atoms with Crippen LogP contribution in [0.1, 0.15) is 0 Å². The van der Waals surface area contributed by atoms with E-state index in [0.717, 1.165) is 11.0 Å². The number of hydrogen-bond acceptors (Lipinski definition) is 5. The molecule has 3 heterocycles. The number of aromatic nitrogens is 7. The average molecular weight is 298 g/mol. The molecule has 102 valence electrons. The van der Waals surface area contributed by atoms with Gasteiger partial charge in [-0.3, -0.25) is 9.13 Å². The van der Waals surface area contributed by atoms with Gasteiger partial charge in [0, 0.05) is 12.4 Å². The molecule has 0 aliphatic carbocycles. The molecule has 3 aromatic heterocycles. The maximum Gasteiger partial charge on any atom is 0.241 e. The van der Waals surface area contributed by atoms with Crippen molar-refractivity contribution in [1.29, 1.82) is 0 Å². The molecule has 1 aromatic carbocycles. The molecule has 0 bridgehead atoms. The molecule has 4 rings (SSSR count). The van der Waals surface area contributed by atoms with Crippen molar-refractivity contribution in [1.82, 2.24) is 34.1 Å². The number of nitrogens with zero attached hydrogens (tertiary/aromatic N) is 7. The lowest BCUT2D eigenvalue weighted by molar-refractivity contribution is 0.846. The van der Waals surface area contributed by atoms with E-state index < -0.39 is 0 Å². The van der Waals surface area contributed by atoms with Gasteiger partial charge in [0.2, 0.25) is 17.2 Å². The van der Waals surface area contributed by atoms with Gasteiger partial charge >= 0.3 is 0 Å². The number of hydrogen-bond donors (Lipinski definition) is 0. The lowest BCUT2D eigenvalue weighted by Gasteiger charge is -2.05. The van der Waals surface area contributed by atoms with Gasteiger partial charge in [-0.2, -0.15) is 15.0 Å². The standard InChI is InChI=1S/C13H8ClN7/c14-11-17-12(20-6-5-15-7-20)19-13(18-11)21-8-16-9-3-1-2-4-10(9)21/h1-8H. The molecule has 0 saturated heterocycles. The van der Waals surface area contributed by atoms with Crippen LogP contribution in [0.2, 0.25) is 5.28 Å². The van der Waals surface area contributed by atoms with E-state index in [0.29, 0.717) is 11.9 Å². The summed E-state index contributed by atoms with van der Waals surface area (Å²) < 4.78 is 3.43. The van der Waals surface area contributed by atoms with Crippen LogP contribution in [0.5, 0.6) is 0 Å². The Labute approximate surface area is 123 Å². The van der Waals surface area contributed by atoms with Gasteiger partial charge in [-0.05, 0) is 23.7 Å². The van der Waals surface area contributed by atoms with Gasteiger partial charge in [-0.25, -0.2) is 9.97 Å². The van der Waals surface area contributed by atoms with Crippen LogP contribution in [-0.2, 0) is 0 Å². The van der Waals surface area contributed by atoms with Gasteiger partial charge in [0.15, 0.2) is 0 Å². The third-order valence-corrected chi connectivity index (χ3v) is 3.16. The second-order valence-corrected chi connectivity index (χ2v) is 4.62. The van der Waals surface area contributed by atoms with Gasteiger partial charge in [0.25, 0.3) is 0 Å². The Morgan fingerprint density at radius 3 is 2.67 bits per heavy atom. The van der Waals surface area contributed by atoms with E-state index in [4.69, 9.17) is 11.6 Å². The molecule has 0 N–H and O–H groups in total. The van der Waals surface area contributed by atoms with Crippen molar-refractivity contribution in [2.24, 2.45) is 0 Å². The lowest BCUT2D eigenvalue weighted by Crippen LogP contribution is -2.07. The predicted molar refractivity (Wildman–Crippen MR) is 76.6 cm³/mol. The highest BCUT2D eigenvalue weighted by Crippen LogP contribution is 2.17. The number of rotatable bonds is 2. The molecule has 0 fully saturated rings. The summed E-state index contributed by atoms with van der Waals surface area (Å²) in [5, 5.41) is 0.112. The Bertz CT molecular complexity index is 913. The highest BCUT2D eigenvalue weighted by molar-refractivity contribution is 6.28. The fourth-order valence-electron chi connectivity index (χ4n) is 2.05. The zero-order valence-corrected chi connectivity index (χ0v) is 11.4. The Kier molecular flexibility index (Phi) is 2.65. The van der Waals surface area contributed by atoms with Crippen molar-refractivity contribution in [3.8, 4) is 11.9 Å². The van der Waals surface area contributed by atoms with Gasteiger partial charge in [0.05, 0.1) is 11.0 Å². The molecule has 0 saturated carbocycles. The van der Waals surface area contributed by atoms with Crippen molar-refractivity contribution in [3.63, 3.8) is 0 Å². The first-order valence-corrected chi connectivity index (χ1v) is 6.51. The average Bonchev–Trinajstić information content (AvgIpc) is 3.16. The SMILES string of the molecule is Clc1nc(-n2ccnc2)nc(-n2cnc3ccccc32)n1. The van der Waals surface area contributed by atoms with Crippen molar-refractivity contribution in [2.45, 2.75) is 0 Å². The van der Waals surface area contributed by atoms with Gasteiger partial charge in [-0.15, -0.1) is 0 Å². The third kappa shape index (κ3) is 2.03. The number of para-hydroxylation sites is 2. The largest absolute Gasteiger partial charge is 0.274 e. The van der Waals surface area contributed by atoms with Crippen LogP contribution < -0.4 is 0 Å². The summed E-state index contributed by atoms with van der Waals surface area (Å²) in [6.45, 7) is 0. The highest BCUT2D eigenvalue weighted by atomic mass is 35.5. The van der Waals surface area contributed by atoms with Crippen LogP contribution in [0.3, 0.4) is 0 Å². The zero-order valence-electron chi connectivity index (χ0n) is 10.6. The molecule has 0 aliphatic rings. The Hall–Kier alpha value is -2.80. The quantitative estimate of drug-likeness (QED) is 0.566. The summed E-state index contributed by atoms with van der Waals surface area (Å²) in [7, 11) is 0. The van der Waals surface area contributed by atoms with E-state index in [-0.39, 0.29) is 5.28 Å². The predicted octanol–water partition coefficient (Wildman–Crippen LogP) is 2.05. The first-order valence-electron chi connectivity index (χ1n) is 6.13. The monoisotopic (exact) mass is 297 g/mol. The van der Waals surface area contributed by atoms with Crippen molar-refractivity contribution >= 4 is 22.6 Å². The normalized spacial score (nSPS) is 11.1. The first kappa shape index (κ1) is 12.0. The van der Waals surface area contributed by atoms with Gasteiger partial charge in [-0.1, -0.05) is 12.1 Å². The van der Waals surface area contributed by atoms with Crippen molar-refractivity contribution in [3.05, 3.63) is 54.6 Å². The second-order valence-electron chi connectivity index (χ2n) is 4.28. The van der Waals surface area contributed by atoms with Crippen LogP contribution in [0.25, 0.3) is 22.9 Å². The maximum atomic E-state index is 6.01. The molecule has 0 radical (unpaired) electrons. The molecule has 0 unspecified atom stereocenters. The van der Waals surface area contributed by atoms with Crippen molar-refractivity contribution in [2.75, 3.05) is 0 Å². The van der Waals surface area contributed by atoms with Crippen LogP contribution in [0, 0.1) is 0 Å². The minimum absolute atomic E-state index is 0.112. The molecular weight excluding hydrogens is 290 g/mol. The summed E-state index contributed by atoms with van der Waals surface area (Å²) >= 11 is 6.01. The third-order valence-electron chi connectivity index (χ3n) is 2.99. The number of imidazole rings is 2. The zero-order chi connectivity index (χ0) is 14.2. The van der Waals surface area contributed by atoms with E-state index in [9.17, 15) is 0 Å². The van der Waals surface area contributed by atoms with Crippen molar-refractivity contribution < 1.29 is 0 Å². The summed E-state index contributed by atoms with van der Waals surface area (Å²) in [6.07, 6.45) is 6.64. The van der Waals surface area contributed by atoms with E-state index in [1.807, 2.05) is 24.3 Å². The topological polar surface area (TPSA) is 74.3 Å². The molecule has 0 atom stereocenters. The molecule has 21 heavy (non-hydrogen) atoms. The van der Waals surface area contributed by atoms with E-state index in [1.54, 1.807) is 34.2 Å². The van der Waals surface area contributed by atoms with Crippen LogP contribution in [0.4, 0.5) is 0 Å². The minimum Gasteiger partial charge on any atom is -0.274 e. The van der Waals surface area contributed by atoms with E-state index >= 15 is 0 Å². The molecule has 4 aromatic rings. The first-order chi connectivity index (χ1) is 10.3. The number of halogens is 1. The smallest absolute Gasteiger partial charge is 0.241 e. The molecule has 0 spiro atoms. The fourth-order valence-corrected chi connectivity index (χ4v) is 2.20. The Morgan fingerprint density at radius 1 is 0.952 bits per heavy atom. The van der Waals surface area contributed by atoms with Crippen LogP contribution in [0.15, 0.2) is 49.3 Å². The number of benzene rings is 1. The van der Waals surface area contributed by atoms with E-state index in [1.165, 1.54) is 0 Å². The molecular formula is C13H8ClN7. The van der Waals surface area contributed by atoms with Gasteiger partial charge < -0.3 is 0 Å². The number of fused-ring (bicyclic) bond motifs is 1. The summed E-state index contributed by atoms with van der Waals surface area (Å²) in [4.78, 5) is 21.0. The van der Waals surface area contributed by atoms with E-state index in [2.05, 4.69) is 24.9 Å². The van der Waals surface area contributed by atoms with Crippen LogP contribution in [-0.4, -0.2) is 34.1 Å². The molecule has 8 heteroatoms. The summed E-state index contributed by atoms with van der Waals surface area (Å²) in [6, 6.07) is 7.72. The highest BCUT2D eigenvalue weighted by Gasteiger charge is 2.11. The van der Waals surface area contributed by atoms with Crippen LogP contribution >= 0.6 is 11.6 Å². The lowest BCUT2D eigenvalue weighted by atomic mass is 10.3. The molecule has 0 amide bonds. The Morgan fingerprint density at radius 2 is 1.81 bits per heavy atom.